The normalized spacial score (nSPS) is 15.6. The summed E-state index contributed by atoms with van der Waals surface area (Å²) < 4.78 is 9.87. The molecule has 0 spiro atoms. The lowest BCUT2D eigenvalue weighted by molar-refractivity contribution is -0.130. The van der Waals surface area contributed by atoms with Crippen LogP contribution in [0, 0.1) is 6.92 Å². The lowest BCUT2D eigenvalue weighted by Crippen LogP contribution is -2.51. The van der Waals surface area contributed by atoms with Gasteiger partial charge in [-0.3, -0.25) is 19.3 Å². The van der Waals surface area contributed by atoms with Crippen LogP contribution in [0.4, 0.5) is 5.82 Å². The molecule has 0 aliphatic carbocycles. The fourth-order valence-electron chi connectivity index (χ4n) is 2.88. The first kappa shape index (κ1) is 24.2. The lowest BCUT2D eigenvalue weighted by atomic mass is 10.3. The summed E-state index contributed by atoms with van der Waals surface area (Å²) in [4.78, 5) is 40.4. The Labute approximate surface area is 181 Å². The average molecular weight is 442 g/mol. The summed E-state index contributed by atoms with van der Waals surface area (Å²) in [5.41, 5.74) is 0. The Balaban J connectivity index is 1.62. The summed E-state index contributed by atoms with van der Waals surface area (Å²) in [6.45, 7) is 7.53. The van der Waals surface area contributed by atoms with Crippen LogP contribution in [0.1, 0.15) is 19.1 Å². The number of ether oxygens (including phenoxy) is 1. The molecule has 0 bridgehead atoms. The van der Waals surface area contributed by atoms with E-state index < -0.39 is 5.25 Å². The number of thioether (sulfide) groups is 1. The van der Waals surface area contributed by atoms with Crippen LogP contribution in [0.3, 0.4) is 0 Å². The lowest BCUT2D eigenvalue weighted by Gasteiger charge is -2.34. The molecule has 30 heavy (non-hydrogen) atoms. The number of carbonyl (C=O) groups is 3. The van der Waals surface area contributed by atoms with Gasteiger partial charge in [0, 0.05) is 52.5 Å². The van der Waals surface area contributed by atoms with Crippen LogP contribution >= 0.6 is 11.8 Å². The Hall–Kier alpha value is -2.11. The van der Waals surface area contributed by atoms with E-state index in [1.807, 2.05) is 4.90 Å². The third-order valence-corrected chi connectivity index (χ3v) is 5.77. The molecule has 1 fully saturated rings. The molecule has 1 atom stereocenters. The SMILES string of the molecule is COCCCNC(=O)CN1CCN(C(=O)CSC(C)C(=O)Nc2cc(C)on2)CC1. The number of anilines is 1. The summed E-state index contributed by atoms with van der Waals surface area (Å²) in [7, 11) is 1.63. The number of carbonyl (C=O) groups excluding carboxylic acids is 3. The summed E-state index contributed by atoms with van der Waals surface area (Å²) in [5.74, 6) is 0.983. The van der Waals surface area contributed by atoms with Crippen LogP contribution in [0.15, 0.2) is 10.6 Å². The van der Waals surface area contributed by atoms with Crippen molar-refractivity contribution in [1.29, 1.82) is 0 Å². The number of rotatable bonds is 11. The standard InChI is InChI=1S/C19H31N5O5S/c1-14-11-16(22-29-14)21-19(27)15(2)30-13-18(26)24-8-6-23(7-9-24)12-17(25)20-5-4-10-28-3/h11,15H,4-10,12-13H2,1-3H3,(H,20,25)(H,21,22,27). The van der Waals surface area contributed by atoms with Crippen LogP contribution in [-0.4, -0.2) is 96.7 Å². The number of nitrogens with zero attached hydrogens (tertiary/aromatic N) is 3. The number of hydrogen-bond acceptors (Lipinski definition) is 8. The number of hydrogen-bond donors (Lipinski definition) is 2. The molecule has 1 aromatic rings. The Kier molecular flexibility index (Phi) is 10.1. The summed E-state index contributed by atoms with van der Waals surface area (Å²) in [6.07, 6.45) is 0.789. The van der Waals surface area contributed by atoms with E-state index in [1.165, 1.54) is 11.8 Å². The summed E-state index contributed by atoms with van der Waals surface area (Å²) in [5, 5.41) is 8.87. The molecule has 3 amide bonds. The Bertz CT molecular complexity index is 705. The largest absolute Gasteiger partial charge is 0.385 e. The molecule has 1 aliphatic rings. The minimum absolute atomic E-state index is 0.000553. The minimum atomic E-state index is -0.394. The first-order valence-electron chi connectivity index (χ1n) is 10.0. The van der Waals surface area contributed by atoms with Crippen LogP contribution in [-0.2, 0) is 19.1 Å². The van der Waals surface area contributed by atoms with Gasteiger partial charge in [0.1, 0.15) is 5.76 Å². The molecule has 1 aliphatic heterocycles. The van der Waals surface area contributed by atoms with E-state index in [2.05, 4.69) is 15.8 Å². The van der Waals surface area contributed by atoms with Crippen molar-refractivity contribution < 1.29 is 23.6 Å². The summed E-state index contributed by atoms with van der Waals surface area (Å²) in [6, 6.07) is 1.64. The van der Waals surface area contributed by atoms with Crippen molar-refractivity contribution in [2.45, 2.75) is 25.5 Å². The fourth-order valence-corrected chi connectivity index (χ4v) is 3.66. The van der Waals surface area contributed by atoms with Gasteiger partial charge in [-0.15, -0.1) is 11.8 Å². The maximum absolute atomic E-state index is 12.5. The van der Waals surface area contributed by atoms with Gasteiger partial charge in [0.05, 0.1) is 17.5 Å². The van der Waals surface area contributed by atoms with Gasteiger partial charge in [-0.1, -0.05) is 5.16 Å². The first-order valence-corrected chi connectivity index (χ1v) is 11.1. The van der Waals surface area contributed by atoms with Crippen molar-refractivity contribution in [3.8, 4) is 0 Å². The van der Waals surface area contributed by atoms with Crippen molar-refractivity contribution >= 4 is 35.3 Å². The number of methoxy groups -OCH3 is 1. The third-order valence-electron chi connectivity index (χ3n) is 4.64. The number of aromatic nitrogens is 1. The number of piperazine rings is 1. The van der Waals surface area contributed by atoms with Gasteiger partial charge in [0.15, 0.2) is 5.82 Å². The molecular weight excluding hydrogens is 410 g/mol. The molecule has 0 aromatic carbocycles. The van der Waals surface area contributed by atoms with Crippen molar-refractivity contribution in [3.63, 3.8) is 0 Å². The van der Waals surface area contributed by atoms with Gasteiger partial charge in [0.25, 0.3) is 0 Å². The smallest absolute Gasteiger partial charge is 0.238 e. The van der Waals surface area contributed by atoms with E-state index in [0.29, 0.717) is 57.5 Å². The van der Waals surface area contributed by atoms with Crippen molar-refractivity contribution in [2.24, 2.45) is 0 Å². The van der Waals surface area contributed by atoms with Gasteiger partial charge in [-0.2, -0.15) is 0 Å². The Morgan fingerprint density at radius 1 is 1.30 bits per heavy atom. The average Bonchev–Trinajstić information content (AvgIpc) is 3.14. The van der Waals surface area contributed by atoms with E-state index in [-0.39, 0.29) is 23.5 Å². The Morgan fingerprint density at radius 2 is 2.03 bits per heavy atom. The zero-order valence-corrected chi connectivity index (χ0v) is 18.6. The van der Waals surface area contributed by atoms with Crippen molar-refractivity contribution in [1.82, 2.24) is 20.3 Å². The molecular formula is C19H31N5O5S. The Morgan fingerprint density at radius 3 is 2.67 bits per heavy atom. The molecule has 10 nitrogen and oxygen atoms in total. The van der Waals surface area contributed by atoms with Gasteiger partial charge in [0.2, 0.25) is 17.7 Å². The van der Waals surface area contributed by atoms with Gasteiger partial charge >= 0.3 is 0 Å². The van der Waals surface area contributed by atoms with Crippen molar-refractivity contribution in [2.75, 3.05) is 64.1 Å². The maximum Gasteiger partial charge on any atom is 0.238 e. The molecule has 1 aromatic heterocycles. The molecule has 0 saturated carbocycles. The number of aryl methyl sites for hydroxylation is 1. The number of nitrogens with one attached hydrogen (secondary N) is 2. The van der Waals surface area contributed by atoms with Crippen LogP contribution in [0.25, 0.3) is 0 Å². The highest BCUT2D eigenvalue weighted by atomic mass is 32.2. The van der Waals surface area contributed by atoms with Crippen LogP contribution in [0.5, 0.6) is 0 Å². The quantitative estimate of drug-likeness (QED) is 0.472. The maximum atomic E-state index is 12.5. The van der Waals surface area contributed by atoms with E-state index >= 15 is 0 Å². The van der Waals surface area contributed by atoms with E-state index in [4.69, 9.17) is 9.26 Å². The van der Waals surface area contributed by atoms with Gasteiger partial charge in [-0.05, 0) is 20.3 Å². The van der Waals surface area contributed by atoms with Crippen LogP contribution in [0.2, 0.25) is 0 Å². The van der Waals surface area contributed by atoms with Gasteiger partial charge < -0.3 is 24.8 Å². The van der Waals surface area contributed by atoms with Gasteiger partial charge in [-0.25, -0.2) is 0 Å². The predicted molar refractivity (Wildman–Crippen MR) is 114 cm³/mol. The fraction of sp³-hybridized carbons (Fsp3) is 0.684. The van der Waals surface area contributed by atoms with Crippen LogP contribution < -0.4 is 10.6 Å². The highest BCUT2D eigenvalue weighted by Crippen LogP contribution is 2.15. The molecule has 1 saturated heterocycles. The minimum Gasteiger partial charge on any atom is -0.385 e. The predicted octanol–water partition coefficient (Wildman–Crippen LogP) is 0.340. The molecule has 2 N–H and O–H groups in total. The third kappa shape index (κ3) is 8.33. The molecule has 168 valence electrons. The van der Waals surface area contributed by atoms with E-state index in [0.717, 1.165) is 6.42 Å². The zero-order chi connectivity index (χ0) is 21.9. The van der Waals surface area contributed by atoms with Crippen molar-refractivity contribution in [3.05, 3.63) is 11.8 Å². The van der Waals surface area contributed by atoms with E-state index in [9.17, 15) is 14.4 Å². The second-order valence-electron chi connectivity index (χ2n) is 7.12. The molecule has 0 radical (unpaired) electrons. The number of amides is 3. The molecule has 2 heterocycles. The second kappa shape index (κ2) is 12.6. The highest BCUT2D eigenvalue weighted by molar-refractivity contribution is 8.01. The summed E-state index contributed by atoms with van der Waals surface area (Å²) >= 11 is 1.29. The monoisotopic (exact) mass is 441 g/mol. The molecule has 2 rings (SSSR count). The van der Waals surface area contributed by atoms with E-state index in [1.54, 1.807) is 31.9 Å². The second-order valence-corrected chi connectivity index (χ2v) is 8.45. The molecule has 1 unspecified atom stereocenters. The zero-order valence-electron chi connectivity index (χ0n) is 17.8. The highest BCUT2D eigenvalue weighted by Gasteiger charge is 2.24. The molecule has 11 heteroatoms. The topological polar surface area (TPSA) is 117 Å². The first-order chi connectivity index (χ1) is 14.4.